The minimum atomic E-state index is 0.0745. The number of amides is 1. The Bertz CT molecular complexity index is 1420. The topological polar surface area (TPSA) is 90.0 Å². The molecular weight excluding hydrogens is 497 g/mol. The summed E-state index contributed by atoms with van der Waals surface area (Å²) in [5.41, 5.74) is 3.03. The van der Waals surface area contributed by atoms with Crippen LogP contribution < -0.4 is 5.32 Å². The largest absolute Gasteiger partial charge is 0.360 e. The quantitative estimate of drug-likeness (QED) is 0.393. The molecule has 2 N–H and O–H groups in total. The fourth-order valence-corrected chi connectivity index (χ4v) is 5.94. The third-order valence-corrected chi connectivity index (χ3v) is 8.29. The Balaban J connectivity index is 1.03. The first-order valence-corrected chi connectivity index (χ1v) is 13.1. The second-order valence-corrected chi connectivity index (χ2v) is 10.4. The van der Waals surface area contributed by atoms with Gasteiger partial charge in [0.15, 0.2) is 0 Å². The van der Waals surface area contributed by atoms with E-state index in [2.05, 4.69) is 42.4 Å². The van der Waals surface area contributed by atoms with Crippen LogP contribution in [0.15, 0.2) is 43.0 Å². The first-order valence-electron chi connectivity index (χ1n) is 12.3. The van der Waals surface area contributed by atoms with Crippen LogP contribution in [0, 0.1) is 0 Å². The standard InChI is InChI=1S/C26H27Cl2N7O/c27-21-10-19-23(11-22(21)28)32-15-33-26(19)31-13-24(36)35-9-5-17(14-35)34-7-3-16(4-8-34)20-12-30-25-18(20)2-1-6-29-25/h1-2,6,10-12,15-17H,3-5,7-9,13-14H2,(H,29,30)(H,31,32,33). The number of nitrogens with zero attached hydrogens (tertiary/aromatic N) is 5. The zero-order valence-corrected chi connectivity index (χ0v) is 21.3. The van der Waals surface area contributed by atoms with Crippen LogP contribution >= 0.6 is 23.2 Å². The molecular formula is C26H27Cl2N7O. The molecule has 0 spiro atoms. The van der Waals surface area contributed by atoms with Crippen molar-refractivity contribution in [1.29, 1.82) is 0 Å². The van der Waals surface area contributed by atoms with Crippen molar-refractivity contribution < 1.29 is 4.79 Å². The van der Waals surface area contributed by atoms with Gasteiger partial charge in [-0.3, -0.25) is 9.69 Å². The van der Waals surface area contributed by atoms with E-state index in [1.54, 1.807) is 12.1 Å². The van der Waals surface area contributed by atoms with Crippen LogP contribution in [0.2, 0.25) is 10.0 Å². The minimum absolute atomic E-state index is 0.0745. The monoisotopic (exact) mass is 523 g/mol. The molecule has 6 rings (SSSR count). The van der Waals surface area contributed by atoms with Crippen molar-refractivity contribution in [3.8, 4) is 0 Å². The highest BCUT2D eigenvalue weighted by Crippen LogP contribution is 2.34. The lowest BCUT2D eigenvalue weighted by molar-refractivity contribution is -0.128. The van der Waals surface area contributed by atoms with Crippen molar-refractivity contribution >= 4 is 56.9 Å². The Morgan fingerprint density at radius 3 is 2.75 bits per heavy atom. The van der Waals surface area contributed by atoms with Crippen molar-refractivity contribution in [1.82, 2.24) is 29.7 Å². The Labute approximate surface area is 219 Å². The summed E-state index contributed by atoms with van der Waals surface area (Å²) in [5, 5.41) is 6.03. The second kappa shape index (κ2) is 9.84. The molecule has 0 aliphatic carbocycles. The maximum Gasteiger partial charge on any atom is 0.241 e. The highest BCUT2D eigenvalue weighted by molar-refractivity contribution is 6.42. The van der Waals surface area contributed by atoms with Crippen LogP contribution in [-0.4, -0.2) is 74.4 Å². The highest BCUT2D eigenvalue weighted by atomic mass is 35.5. The molecule has 2 fully saturated rings. The fourth-order valence-electron chi connectivity index (χ4n) is 5.62. The number of hydrogen-bond donors (Lipinski definition) is 2. The molecule has 3 aromatic heterocycles. The van der Waals surface area contributed by atoms with Gasteiger partial charge in [-0.1, -0.05) is 23.2 Å². The number of benzene rings is 1. The SMILES string of the molecule is O=C(CNc1ncnc2cc(Cl)c(Cl)cc12)N1CCC(N2CCC(c3c[nH]c4ncccc34)CC2)C1. The van der Waals surface area contributed by atoms with Crippen LogP contribution in [0.4, 0.5) is 5.82 Å². The van der Waals surface area contributed by atoms with Gasteiger partial charge in [-0.05, 0) is 68.1 Å². The number of nitrogens with one attached hydrogen (secondary N) is 2. The number of likely N-dealkylation sites (tertiary alicyclic amines) is 2. The number of fused-ring (bicyclic) bond motifs is 2. The van der Waals surface area contributed by atoms with Gasteiger partial charge in [-0.2, -0.15) is 0 Å². The van der Waals surface area contributed by atoms with Crippen LogP contribution in [0.3, 0.4) is 0 Å². The molecule has 36 heavy (non-hydrogen) atoms. The molecule has 5 heterocycles. The van der Waals surface area contributed by atoms with Crippen LogP contribution in [0.1, 0.15) is 30.7 Å². The molecule has 2 aliphatic rings. The molecule has 0 saturated carbocycles. The number of hydrogen-bond acceptors (Lipinski definition) is 6. The van der Waals surface area contributed by atoms with Crippen molar-refractivity contribution in [3.05, 3.63) is 58.6 Å². The van der Waals surface area contributed by atoms with Crippen molar-refractivity contribution in [2.24, 2.45) is 0 Å². The van der Waals surface area contributed by atoms with E-state index in [9.17, 15) is 4.79 Å². The summed E-state index contributed by atoms with van der Waals surface area (Å²) in [6, 6.07) is 8.01. The van der Waals surface area contributed by atoms with Crippen LogP contribution in [0.25, 0.3) is 21.9 Å². The number of piperidine rings is 1. The molecule has 8 nitrogen and oxygen atoms in total. The molecule has 10 heteroatoms. The normalized spacial score (nSPS) is 19.4. The molecule has 1 unspecified atom stereocenters. The summed E-state index contributed by atoms with van der Waals surface area (Å²) in [7, 11) is 0. The number of aromatic nitrogens is 4. The van der Waals surface area contributed by atoms with Crippen LogP contribution in [0.5, 0.6) is 0 Å². The van der Waals surface area contributed by atoms with Gasteiger partial charge < -0.3 is 15.2 Å². The van der Waals surface area contributed by atoms with Gasteiger partial charge in [0.2, 0.25) is 5.91 Å². The molecule has 2 saturated heterocycles. The minimum Gasteiger partial charge on any atom is -0.360 e. The van der Waals surface area contributed by atoms with E-state index in [0.29, 0.717) is 33.3 Å². The lowest BCUT2D eigenvalue weighted by atomic mass is 9.89. The number of rotatable bonds is 5. The van der Waals surface area contributed by atoms with Crippen molar-refractivity contribution in [2.75, 3.05) is 38.0 Å². The smallest absolute Gasteiger partial charge is 0.241 e. The zero-order valence-electron chi connectivity index (χ0n) is 19.8. The predicted octanol–water partition coefficient (Wildman–Crippen LogP) is 4.71. The number of carbonyl (C=O) groups is 1. The lowest BCUT2D eigenvalue weighted by Gasteiger charge is -2.36. The third-order valence-electron chi connectivity index (χ3n) is 7.57. The van der Waals surface area contributed by atoms with Gasteiger partial charge in [-0.25, -0.2) is 15.0 Å². The Kier molecular flexibility index (Phi) is 6.41. The third kappa shape index (κ3) is 4.49. The van der Waals surface area contributed by atoms with E-state index in [4.69, 9.17) is 23.2 Å². The lowest BCUT2D eigenvalue weighted by Crippen LogP contribution is -2.43. The number of anilines is 1. The average Bonchev–Trinajstić information content (AvgIpc) is 3.56. The molecule has 0 radical (unpaired) electrons. The summed E-state index contributed by atoms with van der Waals surface area (Å²) < 4.78 is 0. The first kappa shape index (κ1) is 23.5. The molecule has 186 valence electrons. The van der Waals surface area contributed by atoms with Crippen LogP contribution in [-0.2, 0) is 4.79 Å². The van der Waals surface area contributed by atoms with E-state index in [0.717, 1.165) is 56.5 Å². The van der Waals surface area contributed by atoms with E-state index in [-0.39, 0.29) is 12.5 Å². The van der Waals surface area contributed by atoms with Gasteiger partial charge in [0.1, 0.15) is 17.8 Å². The van der Waals surface area contributed by atoms with Crippen molar-refractivity contribution in [3.63, 3.8) is 0 Å². The Morgan fingerprint density at radius 2 is 1.89 bits per heavy atom. The van der Waals surface area contributed by atoms with E-state index >= 15 is 0 Å². The fraction of sp³-hybridized carbons (Fsp3) is 0.385. The number of pyridine rings is 1. The van der Waals surface area contributed by atoms with Gasteiger partial charge in [0.25, 0.3) is 0 Å². The number of carbonyl (C=O) groups excluding carboxylic acids is 1. The van der Waals surface area contributed by atoms with Crippen molar-refractivity contribution in [2.45, 2.75) is 31.2 Å². The summed E-state index contributed by atoms with van der Waals surface area (Å²) in [6.45, 7) is 3.84. The van der Waals surface area contributed by atoms with Gasteiger partial charge in [0, 0.05) is 42.3 Å². The van der Waals surface area contributed by atoms with Gasteiger partial charge in [0.05, 0.1) is 22.1 Å². The molecule has 1 atom stereocenters. The highest BCUT2D eigenvalue weighted by Gasteiger charge is 2.33. The maximum atomic E-state index is 13.0. The molecule has 4 aromatic rings. The zero-order chi connectivity index (χ0) is 24.6. The van der Waals surface area contributed by atoms with Gasteiger partial charge in [-0.15, -0.1) is 0 Å². The first-order chi connectivity index (χ1) is 17.6. The molecule has 2 aliphatic heterocycles. The summed E-state index contributed by atoms with van der Waals surface area (Å²) >= 11 is 12.3. The van der Waals surface area contributed by atoms with Gasteiger partial charge >= 0.3 is 0 Å². The van der Waals surface area contributed by atoms with E-state index in [1.807, 2.05) is 17.2 Å². The summed E-state index contributed by atoms with van der Waals surface area (Å²) in [6.07, 6.45) is 8.68. The summed E-state index contributed by atoms with van der Waals surface area (Å²) in [4.78, 5) is 33.8. The number of aromatic amines is 1. The Hall–Kier alpha value is -2.94. The van der Waals surface area contributed by atoms with E-state index < -0.39 is 0 Å². The Morgan fingerprint density at radius 1 is 1.06 bits per heavy atom. The number of halogens is 2. The maximum absolute atomic E-state index is 13.0. The number of H-pyrrole nitrogens is 1. The molecule has 0 bridgehead atoms. The average molecular weight is 524 g/mol. The second-order valence-electron chi connectivity index (χ2n) is 9.60. The summed E-state index contributed by atoms with van der Waals surface area (Å²) in [5.74, 6) is 1.20. The molecule has 1 aromatic carbocycles. The molecule has 1 amide bonds. The predicted molar refractivity (Wildman–Crippen MR) is 143 cm³/mol. The van der Waals surface area contributed by atoms with E-state index in [1.165, 1.54) is 17.3 Å².